The van der Waals surface area contributed by atoms with E-state index in [0.717, 1.165) is 86.1 Å². The topological polar surface area (TPSA) is 116 Å². The molecule has 4 aliphatic heterocycles. The normalized spacial score (nSPS) is 21.4. The van der Waals surface area contributed by atoms with Gasteiger partial charge in [0.1, 0.15) is 11.6 Å². The lowest BCUT2D eigenvalue weighted by atomic mass is 10.1. The van der Waals surface area contributed by atoms with E-state index in [0.29, 0.717) is 20.7 Å². The summed E-state index contributed by atoms with van der Waals surface area (Å²) in [6.07, 6.45) is 10.1. The van der Waals surface area contributed by atoms with Gasteiger partial charge in [-0.3, -0.25) is 29.5 Å². The van der Waals surface area contributed by atoms with Gasteiger partial charge in [0.15, 0.2) is 0 Å². The second-order valence-electron chi connectivity index (χ2n) is 15.5. The fourth-order valence-electron chi connectivity index (χ4n) is 8.71. The second-order valence-corrected chi connectivity index (χ2v) is 18.1. The molecule has 16 heteroatoms. The van der Waals surface area contributed by atoms with Crippen molar-refractivity contribution in [2.45, 2.75) is 62.9 Å². The van der Waals surface area contributed by atoms with Crippen LogP contribution in [0.3, 0.4) is 0 Å². The number of anilines is 1. The van der Waals surface area contributed by atoms with Crippen LogP contribution >= 0.6 is 55.1 Å². The van der Waals surface area contributed by atoms with Gasteiger partial charge in [0, 0.05) is 96.3 Å². The summed E-state index contributed by atoms with van der Waals surface area (Å²) in [5.41, 5.74) is 9.61. The maximum absolute atomic E-state index is 13.1. The first-order chi connectivity index (χ1) is 28.7. The van der Waals surface area contributed by atoms with E-state index in [1.54, 1.807) is 36.4 Å². The molecule has 4 saturated heterocycles. The summed E-state index contributed by atoms with van der Waals surface area (Å²) in [4.78, 5) is 45.2. The van der Waals surface area contributed by atoms with Crippen LogP contribution in [0.5, 0.6) is 0 Å². The number of nitro groups is 1. The van der Waals surface area contributed by atoms with Gasteiger partial charge in [0.05, 0.1) is 20.5 Å². The third kappa shape index (κ3) is 10.5. The predicted molar refractivity (Wildman–Crippen MR) is 238 cm³/mol. The van der Waals surface area contributed by atoms with Crippen LogP contribution < -0.4 is 5.73 Å². The van der Waals surface area contributed by atoms with Crippen LogP contribution in [-0.4, -0.2) is 86.7 Å². The number of piperazine rings is 2. The molecule has 10 nitrogen and oxygen atoms in total. The molecule has 0 saturated carbocycles. The molecule has 4 unspecified atom stereocenters. The average molecular weight is 988 g/mol. The highest BCUT2D eigenvalue weighted by Crippen LogP contribution is 2.35. The lowest BCUT2D eigenvalue weighted by molar-refractivity contribution is -0.385. The smallest absolute Gasteiger partial charge is 0.278 e. The zero-order valence-corrected chi connectivity index (χ0v) is 37.0. The number of halogens is 6. The minimum atomic E-state index is -0.514. The number of nitro benzene ring substituents is 1. The monoisotopic (exact) mass is 984 g/mol. The third-order valence-electron chi connectivity index (χ3n) is 11.5. The van der Waals surface area contributed by atoms with Gasteiger partial charge in [-0.1, -0.05) is 47.5 Å². The number of rotatable bonds is 9. The summed E-state index contributed by atoms with van der Waals surface area (Å²) in [7, 11) is 0. The van der Waals surface area contributed by atoms with Gasteiger partial charge >= 0.3 is 0 Å². The molecule has 4 aromatic carbocycles. The van der Waals surface area contributed by atoms with Crippen molar-refractivity contribution in [3.63, 3.8) is 0 Å². The Morgan fingerprint density at radius 3 is 1.48 bits per heavy atom. The Morgan fingerprint density at radius 2 is 1.07 bits per heavy atom. The third-order valence-corrected chi connectivity index (χ3v) is 13.9. The van der Waals surface area contributed by atoms with Crippen molar-refractivity contribution < 1.29 is 23.3 Å². The highest BCUT2D eigenvalue weighted by atomic mass is 79.9. The summed E-state index contributed by atoms with van der Waals surface area (Å²) in [5.74, 6) is -0.595. The van der Waals surface area contributed by atoms with Crippen LogP contribution in [0, 0.1) is 21.7 Å². The van der Waals surface area contributed by atoms with Crippen molar-refractivity contribution in [3.8, 4) is 0 Å². The average Bonchev–Trinajstić information content (AvgIpc) is 3.65. The van der Waals surface area contributed by atoms with Crippen molar-refractivity contribution in [2.75, 3.05) is 31.9 Å². The van der Waals surface area contributed by atoms with E-state index < -0.39 is 4.92 Å². The Kier molecular flexibility index (Phi) is 14.1. The van der Waals surface area contributed by atoms with Crippen LogP contribution in [0.4, 0.5) is 20.2 Å². The largest absolute Gasteiger partial charge is 0.398 e. The predicted octanol–water partition coefficient (Wildman–Crippen LogP) is 9.75. The summed E-state index contributed by atoms with van der Waals surface area (Å²) in [5, 5.41) is 12.1. The number of likely N-dealkylation sites (tertiary alicyclic amines) is 2. The maximum Gasteiger partial charge on any atom is 0.278 e. The Bertz CT molecular complexity index is 2290. The molecular weight excluding hydrogens is 945 g/mol. The highest BCUT2D eigenvalue weighted by molar-refractivity contribution is 9.10. The number of nitrogen functional groups attached to an aromatic ring is 1. The lowest BCUT2D eigenvalue weighted by Gasteiger charge is -2.40. The number of hydrogen-bond donors (Lipinski definition) is 1. The van der Waals surface area contributed by atoms with E-state index in [1.807, 2.05) is 28.0 Å². The Hall–Kier alpha value is -4.18. The second kappa shape index (κ2) is 19.3. The molecule has 4 atom stereocenters. The van der Waals surface area contributed by atoms with Crippen molar-refractivity contribution >= 4 is 90.4 Å². The molecule has 0 spiro atoms. The molecule has 4 fully saturated rings. The molecule has 4 heterocycles. The summed E-state index contributed by atoms with van der Waals surface area (Å²) < 4.78 is 27.5. The molecule has 4 aromatic rings. The van der Waals surface area contributed by atoms with Gasteiger partial charge in [-0.25, -0.2) is 8.78 Å². The van der Waals surface area contributed by atoms with Crippen molar-refractivity contribution in [3.05, 3.63) is 148 Å². The van der Waals surface area contributed by atoms with Crippen molar-refractivity contribution in [2.24, 2.45) is 0 Å². The number of carbonyl (C=O) groups excluding carboxylic acids is 2. The van der Waals surface area contributed by atoms with Crippen LogP contribution in [-0.2, 0) is 22.7 Å². The highest BCUT2D eigenvalue weighted by Gasteiger charge is 2.43. The molecule has 2 N–H and O–H groups in total. The summed E-state index contributed by atoms with van der Waals surface area (Å²) >= 11 is 18.7. The summed E-state index contributed by atoms with van der Waals surface area (Å²) in [6, 6.07) is 20.1. The van der Waals surface area contributed by atoms with E-state index in [9.17, 15) is 28.5 Å². The van der Waals surface area contributed by atoms with Crippen molar-refractivity contribution in [1.82, 2.24) is 19.6 Å². The number of fused-ring (bicyclic) bond motifs is 4. The molecular formula is C44H42Br2Cl2F2N6O4. The van der Waals surface area contributed by atoms with Crippen LogP contribution in [0.15, 0.2) is 93.9 Å². The van der Waals surface area contributed by atoms with Gasteiger partial charge in [0.25, 0.3) is 5.69 Å². The van der Waals surface area contributed by atoms with Gasteiger partial charge < -0.3 is 15.5 Å². The number of carbonyl (C=O) groups is 2. The maximum atomic E-state index is 13.1. The quantitative estimate of drug-likeness (QED) is 0.0769. The molecule has 2 amide bonds. The fourth-order valence-corrected chi connectivity index (χ4v) is 9.77. The van der Waals surface area contributed by atoms with E-state index in [4.69, 9.17) is 28.9 Å². The molecule has 314 valence electrons. The van der Waals surface area contributed by atoms with Crippen LogP contribution in [0.2, 0.25) is 10.0 Å². The number of benzene rings is 4. The molecule has 4 bridgehead atoms. The number of nitrogens with zero attached hydrogens (tertiary/aromatic N) is 5. The SMILES string of the molecule is Nc1cc(Cl)c(Br)cc1/C=C/C(=O)N1C2CCC1CN(Cc1ccc(F)cc1)C2.O=C(/C=C/c1cc(Br)c(Cl)cc1[N+](=O)[O-])N1C2CCC1CN(Cc1ccc(F)cc1)C2. The van der Waals surface area contributed by atoms with Gasteiger partial charge in [-0.05, 0) is 129 Å². The summed E-state index contributed by atoms with van der Waals surface area (Å²) in [6.45, 7) is 4.67. The van der Waals surface area contributed by atoms with Crippen LogP contribution in [0.25, 0.3) is 12.2 Å². The molecule has 8 rings (SSSR count). The zero-order chi connectivity index (χ0) is 42.7. The molecule has 0 radical (unpaired) electrons. The standard InChI is InChI=1S/C22H20BrClFN3O3.C22H22BrClFN3O/c23-19-9-15(21(28(30)31)10-20(19)24)3-8-22(29)27-17-6-7-18(27)13-26(12-17)11-14-1-4-16(25)5-2-14;23-19-9-15(21(26)10-20(19)24)3-8-22(29)28-17-6-7-18(28)13-27(12-17)11-14-1-4-16(25)5-2-14/h1-5,8-10,17-18H,6-7,11-13H2;1-5,8-10,17-18H,6-7,11-13,26H2/b2*8-3+. The van der Waals surface area contributed by atoms with Gasteiger partial charge in [0.2, 0.25) is 11.8 Å². The molecule has 0 aromatic heterocycles. The van der Waals surface area contributed by atoms with E-state index in [-0.39, 0.29) is 58.3 Å². The van der Waals surface area contributed by atoms with Gasteiger partial charge in [-0.15, -0.1) is 0 Å². The first kappa shape index (κ1) is 43.9. The minimum absolute atomic E-state index is 0.0180. The van der Waals surface area contributed by atoms with Crippen LogP contribution in [0.1, 0.15) is 47.9 Å². The van der Waals surface area contributed by atoms with E-state index in [1.165, 1.54) is 42.5 Å². The first-order valence-electron chi connectivity index (χ1n) is 19.5. The number of amides is 2. The Labute approximate surface area is 374 Å². The Morgan fingerprint density at radius 1 is 0.683 bits per heavy atom. The first-order valence-corrected chi connectivity index (χ1v) is 21.9. The molecule has 0 aliphatic carbocycles. The van der Waals surface area contributed by atoms with E-state index in [2.05, 4.69) is 41.7 Å². The number of nitrogens with two attached hydrogens (primary N) is 1. The number of hydrogen-bond acceptors (Lipinski definition) is 7. The molecule has 4 aliphatic rings. The van der Waals surface area contributed by atoms with E-state index >= 15 is 0 Å². The fraction of sp³-hybridized carbons (Fsp3) is 0.318. The van der Waals surface area contributed by atoms with Gasteiger partial charge in [-0.2, -0.15) is 0 Å². The zero-order valence-electron chi connectivity index (χ0n) is 32.3. The van der Waals surface area contributed by atoms with Crippen molar-refractivity contribution in [1.29, 1.82) is 0 Å². The minimum Gasteiger partial charge on any atom is -0.398 e. The Balaban J connectivity index is 0.000000182. The molecule has 60 heavy (non-hydrogen) atoms. The lowest BCUT2D eigenvalue weighted by Crippen LogP contribution is -2.55.